The minimum atomic E-state index is 0.0771. The highest BCUT2D eigenvalue weighted by Gasteiger charge is 2.33. The van der Waals surface area contributed by atoms with E-state index in [9.17, 15) is 4.79 Å². The first-order valence-corrected chi connectivity index (χ1v) is 8.72. The Kier molecular flexibility index (Phi) is 5.01. The Balaban J connectivity index is 1.46. The fraction of sp³-hybridized carbons (Fsp3) is 0.588. The van der Waals surface area contributed by atoms with Crippen molar-refractivity contribution in [3.05, 3.63) is 34.9 Å². The molecule has 3 N–H and O–H groups in total. The number of rotatable bonds is 5. The minimum absolute atomic E-state index is 0.0771. The van der Waals surface area contributed by atoms with Gasteiger partial charge in [-0.15, -0.1) is 0 Å². The first-order valence-electron chi connectivity index (χ1n) is 8.35. The van der Waals surface area contributed by atoms with Crippen LogP contribution in [0.3, 0.4) is 0 Å². The number of amides is 1. The molecule has 1 saturated heterocycles. The zero-order valence-corrected chi connectivity index (χ0v) is 14.0. The van der Waals surface area contributed by atoms with Crippen LogP contribution in [0, 0.1) is 0 Å². The van der Waals surface area contributed by atoms with Gasteiger partial charge in [-0.25, -0.2) is 0 Å². The van der Waals surface area contributed by atoms with Crippen LogP contribution in [0.15, 0.2) is 24.3 Å². The summed E-state index contributed by atoms with van der Waals surface area (Å²) in [7, 11) is 0. The third-order valence-electron chi connectivity index (χ3n) is 4.87. The van der Waals surface area contributed by atoms with Crippen molar-refractivity contribution >= 4 is 17.5 Å². The van der Waals surface area contributed by atoms with Gasteiger partial charge >= 0.3 is 0 Å². The van der Waals surface area contributed by atoms with Gasteiger partial charge in [0.05, 0.1) is 0 Å². The Bertz CT molecular complexity index is 524. The Morgan fingerprint density at radius 2 is 2.05 bits per heavy atom. The number of hydrogen-bond donors (Lipinski definition) is 3. The van der Waals surface area contributed by atoms with Crippen LogP contribution >= 0.6 is 11.6 Å². The van der Waals surface area contributed by atoms with Crippen molar-refractivity contribution in [3.8, 4) is 0 Å². The summed E-state index contributed by atoms with van der Waals surface area (Å²) in [5, 5.41) is 3.94. The summed E-state index contributed by atoms with van der Waals surface area (Å²) in [5.74, 6) is 0.232. The topological polar surface area (TPSA) is 38.0 Å². The Hall–Kier alpha value is -1.10. The molecule has 1 atom stereocenters. The zero-order valence-electron chi connectivity index (χ0n) is 13.2. The molecule has 5 heteroatoms. The predicted octanol–water partition coefficient (Wildman–Crippen LogP) is -0.709. The van der Waals surface area contributed by atoms with E-state index in [-0.39, 0.29) is 11.9 Å². The number of carbonyl (C=O) groups excluding carboxylic acids is 1. The van der Waals surface area contributed by atoms with Crippen molar-refractivity contribution in [1.82, 2.24) is 5.32 Å². The van der Waals surface area contributed by atoms with Gasteiger partial charge < -0.3 is 15.1 Å². The van der Waals surface area contributed by atoms with E-state index in [2.05, 4.69) is 24.4 Å². The molecule has 2 aliphatic rings. The Labute approximate surface area is 137 Å². The number of hydrogen-bond acceptors (Lipinski definition) is 1. The molecule has 1 amide bonds. The SMILES string of the molecule is C[C@H](C(=O)NC1CC1)[NH+]1CC[NH+](Cc2cccc(Cl)c2)CC1. The fourth-order valence-electron chi connectivity index (χ4n) is 3.21. The number of benzene rings is 1. The summed E-state index contributed by atoms with van der Waals surface area (Å²) >= 11 is 6.05. The molecule has 3 rings (SSSR count). The lowest BCUT2D eigenvalue weighted by Gasteiger charge is -2.32. The summed E-state index contributed by atoms with van der Waals surface area (Å²) in [6.45, 7) is 7.45. The second-order valence-corrected chi connectivity index (χ2v) is 7.16. The standard InChI is InChI=1S/C17H24ClN3O/c1-13(17(22)19-16-5-6-16)21-9-7-20(8-10-21)12-14-3-2-4-15(18)11-14/h2-4,11,13,16H,5-10,12H2,1H3,(H,19,22)/p+2/t13-/m1/s1. The second-order valence-electron chi connectivity index (χ2n) is 6.72. The number of carbonyl (C=O) groups is 1. The lowest BCUT2D eigenvalue weighted by molar-refractivity contribution is -1.02. The summed E-state index contributed by atoms with van der Waals surface area (Å²) in [5.41, 5.74) is 1.30. The maximum Gasteiger partial charge on any atom is 0.278 e. The van der Waals surface area contributed by atoms with Crippen LogP contribution in [0.1, 0.15) is 25.3 Å². The number of nitrogens with one attached hydrogen (secondary N) is 3. The van der Waals surface area contributed by atoms with E-state index in [1.54, 1.807) is 4.90 Å². The molecule has 1 aliphatic carbocycles. The molecule has 4 nitrogen and oxygen atoms in total. The van der Waals surface area contributed by atoms with Crippen molar-refractivity contribution in [1.29, 1.82) is 0 Å². The van der Waals surface area contributed by atoms with Gasteiger partial charge in [-0.1, -0.05) is 23.7 Å². The first kappa shape index (κ1) is 15.8. The molecule has 1 aliphatic heterocycles. The molecule has 0 aromatic heterocycles. The Morgan fingerprint density at radius 3 is 2.68 bits per heavy atom. The molecule has 1 aromatic carbocycles. The first-order chi connectivity index (χ1) is 10.6. The highest BCUT2D eigenvalue weighted by Crippen LogP contribution is 2.18. The molecule has 1 heterocycles. The monoisotopic (exact) mass is 323 g/mol. The number of quaternary nitrogens is 2. The van der Waals surface area contributed by atoms with Gasteiger partial charge in [0.15, 0.2) is 6.04 Å². The third kappa shape index (κ3) is 4.22. The molecule has 22 heavy (non-hydrogen) atoms. The highest BCUT2D eigenvalue weighted by atomic mass is 35.5. The summed E-state index contributed by atoms with van der Waals surface area (Å²) in [6.07, 6.45) is 2.32. The molecular weight excluding hydrogens is 298 g/mol. The van der Waals surface area contributed by atoms with Crippen LogP contribution in [0.5, 0.6) is 0 Å². The van der Waals surface area contributed by atoms with E-state index in [0.717, 1.165) is 50.6 Å². The van der Waals surface area contributed by atoms with E-state index >= 15 is 0 Å². The summed E-state index contributed by atoms with van der Waals surface area (Å²) in [6, 6.07) is 8.67. The maximum atomic E-state index is 12.1. The highest BCUT2D eigenvalue weighted by molar-refractivity contribution is 6.30. The van der Waals surface area contributed by atoms with Crippen LogP contribution in [0.2, 0.25) is 5.02 Å². The van der Waals surface area contributed by atoms with E-state index in [1.807, 2.05) is 12.1 Å². The van der Waals surface area contributed by atoms with Gasteiger partial charge in [-0.05, 0) is 31.9 Å². The second kappa shape index (κ2) is 6.99. The van der Waals surface area contributed by atoms with Gasteiger partial charge in [-0.3, -0.25) is 4.79 Å². The molecule has 120 valence electrons. The maximum absolute atomic E-state index is 12.1. The van der Waals surface area contributed by atoms with Crippen LogP contribution in [0.4, 0.5) is 0 Å². The van der Waals surface area contributed by atoms with Gasteiger partial charge in [0.25, 0.3) is 5.91 Å². The normalized spacial score (nSPS) is 26.5. The van der Waals surface area contributed by atoms with Crippen molar-refractivity contribution in [3.63, 3.8) is 0 Å². The molecule has 0 spiro atoms. The van der Waals surface area contributed by atoms with Gasteiger partial charge in [0.2, 0.25) is 0 Å². The largest absolute Gasteiger partial charge is 0.348 e. The minimum Gasteiger partial charge on any atom is -0.348 e. The quantitative estimate of drug-likeness (QED) is 0.658. The summed E-state index contributed by atoms with van der Waals surface area (Å²) < 4.78 is 0. The average molecular weight is 324 g/mol. The molecule has 0 bridgehead atoms. The molecule has 2 fully saturated rings. The fourth-order valence-corrected chi connectivity index (χ4v) is 3.42. The van der Waals surface area contributed by atoms with Crippen molar-refractivity contribution in [2.45, 2.75) is 38.4 Å². The van der Waals surface area contributed by atoms with E-state index in [4.69, 9.17) is 11.6 Å². The van der Waals surface area contributed by atoms with Crippen LogP contribution < -0.4 is 15.1 Å². The zero-order chi connectivity index (χ0) is 15.5. The van der Waals surface area contributed by atoms with Crippen LogP contribution in [-0.2, 0) is 11.3 Å². The van der Waals surface area contributed by atoms with E-state index in [0.29, 0.717) is 6.04 Å². The number of halogens is 1. The summed E-state index contributed by atoms with van der Waals surface area (Å²) in [4.78, 5) is 15.2. The van der Waals surface area contributed by atoms with E-state index < -0.39 is 0 Å². The third-order valence-corrected chi connectivity index (χ3v) is 5.11. The number of piperazine rings is 1. The van der Waals surface area contributed by atoms with Crippen LogP contribution in [0.25, 0.3) is 0 Å². The smallest absolute Gasteiger partial charge is 0.278 e. The Morgan fingerprint density at radius 1 is 1.32 bits per heavy atom. The molecule has 0 radical (unpaired) electrons. The lowest BCUT2D eigenvalue weighted by atomic mass is 10.1. The van der Waals surface area contributed by atoms with Crippen molar-refractivity contribution in [2.75, 3.05) is 26.2 Å². The predicted molar refractivity (Wildman–Crippen MR) is 87.2 cm³/mol. The molecule has 0 unspecified atom stereocenters. The average Bonchev–Trinajstić information content (AvgIpc) is 3.31. The molecular formula is C17H26ClN3O+2. The van der Waals surface area contributed by atoms with Gasteiger partial charge in [0.1, 0.15) is 32.7 Å². The van der Waals surface area contributed by atoms with Crippen molar-refractivity contribution in [2.24, 2.45) is 0 Å². The van der Waals surface area contributed by atoms with Gasteiger partial charge in [0, 0.05) is 16.6 Å². The van der Waals surface area contributed by atoms with E-state index in [1.165, 1.54) is 10.5 Å². The van der Waals surface area contributed by atoms with Gasteiger partial charge in [-0.2, -0.15) is 0 Å². The lowest BCUT2D eigenvalue weighted by Crippen LogP contribution is -3.29. The molecule has 1 aromatic rings. The molecule has 1 saturated carbocycles. The van der Waals surface area contributed by atoms with Crippen LogP contribution in [-0.4, -0.2) is 44.2 Å². The van der Waals surface area contributed by atoms with Crippen molar-refractivity contribution < 1.29 is 14.6 Å².